The highest BCUT2D eigenvalue weighted by atomic mass is 127. The normalized spacial score (nSPS) is 14.5. The van der Waals surface area contributed by atoms with Gasteiger partial charge in [0.1, 0.15) is 12.4 Å². The second kappa shape index (κ2) is 9.77. The van der Waals surface area contributed by atoms with E-state index in [1.54, 1.807) is 17.0 Å². The highest BCUT2D eigenvalue weighted by molar-refractivity contribution is 14.1. The van der Waals surface area contributed by atoms with E-state index in [0.717, 1.165) is 22.0 Å². The molecule has 148 valence electrons. The summed E-state index contributed by atoms with van der Waals surface area (Å²) in [4.78, 5) is 26.1. The highest BCUT2D eigenvalue weighted by Crippen LogP contribution is 2.18. The van der Waals surface area contributed by atoms with Gasteiger partial charge in [-0.3, -0.25) is 4.79 Å². The van der Waals surface area contributed by atoms with Crippen molar-refractivity contribution in [2.75, 3.05) is 19.6 Å². The molecule has 0 aromatic heterocycles. The maximum Gasteiger partial charge on any atom is 0.410 e. The largest absolute Gasteiger partial charge is 0.508 e. The lowest BCUT2D eigenvalue weighted by molar-refractivity contribution is 0.0800. The molecule has 1 heterocycles. The van der Waals surface area contributed by atoms with Crippen molar-refractivity contribution in [3.63, 3.8) is 0 Å². The van der Waals surface area contributed by atoms with Crippen LogP contribution in [0.4, 0.5) is 4.79 Å². The van der Waals surface area contributed by atoms with Crippen LogP contribution in [0, 0.1) is 9.49 Å². The first kappa shape index (κ1) is 20.4. The lowest BCUT2D eigenvalue weighted by atomic mass is 9.97. The van der Waals surface area contributed by atoms with Gasteiger partial charge in [0.25, 0.3) is 5.91 Å². The summed E-state index contributed by atoms with van der Waals surface area (Å²) in [5.74, 6) is 0.318. The summed E-state index contributed by atoms with van der Waals surface area (Å²) in [7, 11) is 0. The number of carbonyl (C=O) groups excluding carboxylic acids is 2. The second-order valence-electron chi connectivity index (χ2n) is 6.87. The number of benzene rings is 2. The predicted molar refractivity (Wildman–Crippen MR) is 114 cm³/mol. The van der Waals surface area contributed by atoms with Gasteiger partial charge in [-0.1, -0.05) is 12.1 Å². The molecule has 2 aromatic rings. The van der Waals surface area contributed by atoms with Gasteiger partial charge in [0.05, 0.1) is 0 Å². The van der Waals surface area contributed by atoms with Gasteiger partial charge < -0.3 is 20.1 Å². The smallest absolute Gasteiger partial charge is 0.410 e. The first-order valence-corrected chi connectivity index (χ1v) is 10.3. The molecule has 0 atom stereocenters. The third-order valence-electron chi connectivity index (χ3n) is 4.83. The Balaban J connectivity index is 1.37. The number of hydrogen-bond acceptors (Lipinski definition) is 4. The summed E-state index contributed by atoms with van der Waals surface area (Å²) < 4.78 is 6.55. The molecule has 3 rings (SSSR count). The zero-order chi connectivity index (χ0) is 19.9. The molecule has 0 spiro atoms. The summed E-state index contributed by atoms with van der Waals surface area (Å²) in [6.07, 6.45) is 1.37. The van der Waals surface area contributed by atoms with Gasteiger partial charge in [-0.2, -0.15) is 0 Å². The Kier molecular flexibility index (Phi) is 7.13. The molecule has 1 aliphatic heterocycles. The van der Waals surface area contributed by atoms with Crippen LogP contribution in [0.5, 0.6) is 5.75 Å². The summed E-state index contributed by atoms with van der Waals surface area (Å²) in [5, 5.41) is 12.2. The number of amides is 2. The number of nitrogens with zero attached hydrogens (tertiary/aromatic N) is 1. The Morgan fingerprint density at radius 3 is 2.36 bits per heavy atom. The van der Waals surface area contributed by atoms with E-state index in [1.807, 2.05) is 24.3 Å². The molecule has 0 aliphatic carbocycles. The molecule has 1 saturated heterocycles. The van der Waals surface area contributed by atoms with Crippen LogP contribution in [0.2, 0.25) is 0 Å². The van der Waals surface area contributed by atoms with Gasteiger partial charge in [0.2, 0.25) is 0 Å². The van der Waals surface area contributed by atoms with Gasteiger partial charge in [0, 0.05) is 28.8 Å². The van der Waals surface area contributed by atoms with Crippen LogP contribution in [0.25, 0.3) is 0 Å². The lowest BCUT2D eigenvalue weighted by Gasteiger charge is -2.31. The van der Waals surface area contributed by atoms with Crippen molar-refractivity contribution < 1.29 is 19.4 Å². The molecule has 6 nitrogen and oxygen atoms in total. The number of ether oxygens (including phenoxy) is 1. The van der Waals surface area contributed by atoms with E-state index < -0.39 is 0 Å². The molecular weight excluding hydrogens is 471 g/mol. The van der Waals surface area contributed by atoms with E-state index in [9.17, 15) is 14.7 Å². The molecular formula is C21H23IN2O4. The Bertz CT molecular complexity index is 800. The Morgan fingerprint density at radius 1 is 1.07 bits per heavy atom. The van der Waals surface area contributed by atoms with Crippen molar-refractivity contribution in [2.45, 2.75) is 19.4 Å². The minimum absolute atomic E-state index is 0.137. The number of piperidine rings is 1. The SMILES string of the molecule is O=C(NCC1CCN(C(=O)OCc2ccc(I)cc2)CC1)c1ccc(O)cc1. The standard InChI is InChI=1S/C21H23IN2O4/c22-18-5-1-16(2-6-18)14-28-21(27)24-11-9-15(10-12-24)13-23-20(26)17-3-7-19(25)8-4-17/h1-8,15,25H,9-14H2,(H,23,26). The maximum atomic E-state index is 12.2. The molecule has 0 radical (unpaired) electrons. The first-order chi connectivity index (χ1) is 13.5. The predicted octanol–water partition coefficient (Wildman–Crippen LogP) is 3.78. The van der Waals surface area contributed by atoms with Crippen LogP contribution in [-0.4, -0.2) is 41.6 Å². The molecule has 0 saturated carbocycles. The van der Waals surface area contributed by atoms with Crippen molar-refractivity contribution in [3.8, 4) is 5.75 Å². The average molecular weight is 494 g/mol. The van der Waals surface area contributed by atoms with Crippen molar-refractivity contribution in [1.29, 1.82) is 0 Å². The van der Waals surface area contributed by atoms with Crippen molar-refractivity contribution in [2.24, 2.45) is 5.92 Å². The Labute approximate surface area is 178 Å². The highest BCUT2D eigenvalue weighted by Gasteiger charge is 2.24. The molecule has 0 bridgehead atoms. The van der Waals surface area contributed by atoms with Gasteiger partial charge in [0.15, 0.2) is 0 Å². The van der Waals surface area contributed by atoms with Crippen LogP contribution in [-0.2, 0) is 11.3 Å². The molecule has 2 amide bonds. The molecule has 0 unspecified atom stereocenters. The number of rotatable bonds is 5. The van der Waals surface area contributed by atoms with Crippen LogP contribution in [0.3, 0.4) is 0 Å². The summed E-state index contributed by atoms with van der Waals surface area (Å²) in [6.45, 7) is 2.11. The number of hydrogen-bond donors (Lipinski definition) is 2. The van der Waals surface area contributed by atoms with Crippen LogP contribution >= 0.6 is 22.6 Å². The Hall–Kier alpha value is -2.29. The fourth-order valence-electron chi connectivity index (χ4n) is 3.09. The Morgan fingerprint density at radius 2 is 1.71 bits per heavy atom. The minimum Gasteiger partial charge on any atom is -0.508 e. The van der Waals surface area contributed by atoms with Gasteiger partial charge in [-0.05, 0) is 83.3 Å². The topological polar surface area (TPSA) is 78.9 Å². The zero-order valence-corrected chi connectivity index (χ0v) is 17.6. The van der Waals surface area contributed by atoms with Crippen molar-refractivity contribution in [3.05, 3.63) is 63.2 Å². The third-order valence-corrected chi connectivity index (χ3v) is 5.55. The summed E-state index contributed by atoms with van der Waals surface area (Å²) >= 11 is 2.24. The zero-order valence-electron chi connectivity index (χ0n) is 15.4. The third kappa shape index (κ3) is 5.85. The fourth-order valence-corrected chi connectivity index (χ4v) is 3.45. The fraction of sp³-hybridized carbons (Fsp3) is 0.333. The number of carbonyl (C=O) groups is 2. The van der Waals surface area contributed by atoms with E-state index in [2.05, 4.69) is 27.9 Å². The molecule has 7 heteroatoms. The summed E-state index contributed by atoms with van der Waals surface area (Å²) in [5.41, 5.74) is 1.50. The van der Waals surface area contributed by atoms with Crippen molar-refractivity contribution in [1.82, 2.24) is 10.2 Å². The molecule has 1 fully saturated rings. The van der Waals surface area contributed by atoms with Gasteiger partial charge in [-0.25, -0.2) is 4.79 Å². The van der Waals surface area contributed by atoms with Crippen LogP contribution < -0.4 is 5.32 Å². The van der Waals surface area contributed by atoms with E-state index in [-0.39, 0.29) is 24.4 Å². The number of aromatic hydroxyl groups is 1. The van der Waals surface area contributed by atoms with E-state index in [4.69, 9.17) is 4.74 Å². The minimum atomic E-state index is -0.287. The number of halogens is 1. The molecule has 28 heavy (non-hydrogen) atoms. The molecule has 2 aromatic carbocycles. The van der Waals surface area contributed by atoms with Gasteiger partial charge in [-0.15, -0.1) is 0 Å². The number of nitrogens with one attached hydrogen (secondary N) is 1. The van der Waals surface area contributed by atoms with Gasteiger partial charge >= 0.3 is 6.09 Å². The van der Waals surface area contributed by atoms with Crippen LogP contribution in [0.15, 0.2) is 48.5 Å². The first-order valence-electron chi connectivity index (χ1n) is 9.24. The van der Waals surface area contributed by atoms with E-state index in [0.29, 0.717) is 31.1 Å². The monoisotopic (exact) mass is 494 g/mol. The quantitative estimate of drug-likeness (QED) is 0.621. The lowest BCUT2D eigenvalue weighted by Crippen LogP contribution is -2.41. The van der Waals surface area contributed by atoms with Crippen molar-refractivity contribution >= 4 is 34.6 Å². The molecule has 2 N–H and O–H groups in total. The van der Waals surface area contributed by atoms with E-state index >= 15 is 0 Å². The number of phenolic OH excluding ortho intramolecular Hbond substituents is 1. The maximum absolute atomic E-state index is 12.2. The summed E-state index contributed by atoms with van der Waals surface area (Å²) in [6, 6.07) is 14.1. The van der Waals surface area contributed by atoms with Crippen LogP contribution in [0.1, 0.15) is 28.8 Å². The number of phenols is 1. The molecule has 1 aliphatic rings. The van der Waals surface area contributed by atoms with E-state index in [1.165, 1.54) is 12.1 Å². The average Bonchev–Trinajstić information content (AvgIpc) is 2.72. The number of likely N-dealkylation sites (tertiary alicyclic amines) is 1. The second-order valence-corrected chi connectivity index (χ2v) is 8.11.